The first kappa shape index (κ1) is 16.1. The van der Waals surface area contributed by atoms with Crippen molar-refractivity contribution in [3.05, 3.63) is 27.7 Å². The quantitative estimate of drug-likeness (QED) is 0.897. The van der Waals surface area contributed by atoms with Crippen molar-refractivity contribution in [3.8, 4) is 0 Å². The van der Waals surface area contributed by atoms with Crippen LogP contribution in [0.15, 0.2) is 12.1 Å². The lowest BCUT2D eigenvalue weighted by Gasteiger charge is -2.25. The molecule has 0 atom stereocenters. The van der Waals surface area contributed by atoms with Crippen LogP contribution in [0, 0.1) is 6.92 Å². The van der Waals surface area contributed by atoms with Crippen LogP contribution in [0.4, 0.5) is 10.5 Å². The summed E-state index contributed by atoms with van der Waals surface area (Å²) in [6.07, 6.45) is 0. The van der Waals surface area contributed by atoms with E-state index in [0.29, 0.717) is 15.7 Å². The van der Waals surface area contributed by atoms with Crippen LogP contribution in [-0.2, 0) is 0 Å². The first-order chi connectivity index (χ1) is 8.60. The van der Waals surface area contributed by atoms with Gasteiger partial charge in [-0.15, -0.1) is 0 Å². The molecule has 2 amide bonds. The number of carbonyl (C=O) groups excluding carboxylic acids is 1. The van der Waals surface area contributed by atoms with E-state index in [-0.39, 0.29) is 12.6 Å². The Bertz CT molecular complexity index is 461. The summed E-state index contributed by atoms with van der Waals surface area (Å²) in [5, 5.41) is 13.3. The van der Waals surface area contributed by atoms with Gasteiger partial charge in [0.1, 0.15) is 0 Å². The van der Waals surface area contributed by atoms with Crippen molar-refractivity contribution in [2.24, 2.45) is 0 Å². The number of rotatable bonds is 3. The Hall–Kier alpha value is -0.970. The van der Waals surface area contributed by atoms with Gasteiger partial charge in [-0.1, -0.05) is 23.2 Å². The number of urea groups is 1. The van der Waals surface area contributed by atoms with E-state index in [1.807, 2.05) is 0 Å². The Balaban J connectivity index is 2.77. The third-order valence-corrected chi connectivity index (χ3v) is 3.29. The number of benzene rings is 1. The number of anilines is 1. The molecule has 0 aromatic heterocycles. The van der Waals surface area contributed by atoms with Gasteiger partial charge in [-0.25, -0.2) is 4.79 Å². The van der Waals surface area contributed by atoms with E-state index in [1.54, 1.807) is 40.0 Å². The topological polar surface area (TPSA) is 52.6 Å². The second-order valence-electron chi connectivity index (χ2n) is 5.16. The molecule has 2 N–H and O–H groups in total. The van der Waals surface area contributed by atoms with E-state index < -0.39 is 5.60 Å². The molecule has 0 heterocycles. The number of nitrogens with zero attached hydrogens (tertiary/aromatic N) is 1. The van der Waals surface area contributed by atoms with Gasteiger partial charge in [0.25, 0.3) is 0 Å². The largest absolute Gasteiger partial charge is 0.389 e. The lowest BCUT2D eigenvalue weighted by Crippen LogP contribution is -2.41. The Labute approximate surface area is 123 Å². The molecule has 4 nitrogen and oxygen atoms in total. The molecule has 0 unspecified atom stereocenters. The highest BCUT2D eigenvalue weighted by Gasteiger charge is 2.19. The molecule has 0 aliphatic rings. The summed E-state index contributed by atoms with van der Waals surface area (Å²) in [6, 6.07) is 2.94. The molecule has 0 spiro atoms. The maximum absolute atomic E-state index is 11.9. The molecular weight excluding hydrogens is 287 g/mol. The molecule has 0 fully saturated rings. The minimum atomic E-state index is -0.950. The van der Waals surface area contributed by atoms with Gasteiger partial charge >= 0.3 is 6.03 Å². The molecule has 6 heteroatoms. The number of aliphatic hydroxyl groups is 1. The van der Waals surface area contributed by atoms with Crippen LogP contribution in [0.5, 0.6) is 0 Å². The van der Waals surface area contributed by atoms with Gasteiger partial charge in [0, 0.05) is 22.8 Å². The molecule has 0 saturated heterocycles. The highest BCUT2D eigenvalue weighted by Crippen LogP contribution is 2.28. The molecular formula is C13H18Cl2N2O2. The summed E-state index contributed by atoms with van der Waals surface area (Å²) in [6.45, 7) is 5.29. The van der Waals surface area contributed by atoms with Crippen molar-refractivity contribution < 1.29 is 9.90 Å². The van der Waals surface area contributed by atoms with Gasteiger partial charge in [0.05, 0.1) is 12.1 Å². The summed E-state index contributed by atoms with van der Waals surface area (Å²) >= 11 is 12.0. The fourth-order valence-electron chi connectivity index (χ4n) is 1.59. The normalized spacial score (nSPS) is 11.3. The van der Waals surface area contributed by atoms with Crippen molar-refractivity contribution in [3.63, 3.8) is 0 Å². The van der Waals surface area contributed by atoms with E-state index in [1.165, 1.54) is 4.90 Å². The molecule has 0 radical (unpaired) electrons. The average Bonchev–Trinajstić information content (AvgIpc) is 2.23. The highest BCUT2D eigenvalue weighted by atomic mass is 35.5. The number of amides is 2. The van der Waals surface area contributed by atoms with Crippen molar-refractivity contribution in [2.45, 2.75) is 26.4 Å². The summed E-state index contributed by atoms with van der Waals surface area (Å²) < 4.78 is 0. The predicted octanol–water partition coefficient (Wildman–Crippen LogP) is 3.54. The standard InChI is InChI=1S/C13H18Cl2N2O2/c1-8-10(14)5-9(6-11(8)15)16-12(18)17(4)7-13(2,3)19/h5-6,19H,7H2,1-4H3,(H,16,18). The zero-order valence-corrected chi connectivity index (χ0v) is 12.9. The fraction of sp³-hybridized carbons (Fsp3) is 0.462. The van der Waals surface area contributed by atoms with Gasteiger partial charge in [-0.2, -0.15) is 0 Å². The Morgan fingerprint density at radius 2 is 1.84 bits per heavy atom. The van der Waals surface area contributed by atoms with E-state index >= 15 is 0 Å². The monoisotopic (exact) mass is 304 g/mol. The van der Waals surface area contributed by atoms with Crippen LogP contribution < -0.4 is 5.32 Å². The second kappa shape index (κ2) is 5.99. The van der Waals surface area contributed by atoms with Gasteiger partial charge in [0.2, 0.25) is 0 Å². The van der Waals surface area contributed by atoms with Gasteiger partial charge in [-0.3, -0.25) is 0 Å². The maximum atomic E-state index is 11.9. The summed E-state index contributed by atoms with van der Waals surface area (Å²) in [4.78, 5) is 13.3. The fourth-order valence-corrected chi connectivity index (χ4v) is 2.08. The molecule has 1 aromatic rings. The average molecular weight is 305 g/mol. The number of hydrogen-bond acceptors (Lipinski definition) is 2. The molecule has 0 aliphatic carbocycles. The Kier molecular flexibility index (Phi) is 5.07. The lowest BCUT2D eigenvalue weighted by atomic mass is 10.1. The van der Waals surface area contributed by atoms with Gasteiger partial charge < -0.3 is 15.3 Å². The zero-order valence-electron chi connectivity index (χ0n) is 11.4. The highest BCUT2D eigenvalue weighted by molar-refractivity contribution is 6.36. The van der Waals surface area contributed by atoms with Crippen LogP contribution in [0.3, 0.4) is 0 Å². The smallest absolute Gasteiger partial charge is 0.321 e. The summed E-state index contributed by atoms with van der Waals surface area (Å²) in [5.74, 6) is 0. The lowest BCUT2D eigenvalue weighted by molar-refractivity contribution is 0.0550. The van der Waals surface area contributed by atoms with Crippen LogP contribution in [0.2, 0.25) is 10.0 Å². The number of halogens is 2. The third-order valence-electron chi connectivity index (χ3n) is 2.50. The van der Waals surface area contributed by atoms with Gasteiger partial charge in [0.15, 0.2) is 0 Å². The van der Waals surface area contributed by atoms with Gasteiger partial charge in [-0.05, 0) is 38.5 Å². The Morgan fingerprint density at radius 1 is 1.37 bits per heavy atom. The van der Waals surface area contributed by atoms with Crippen LogP contribution >= 0.6 is 23.2 Å². The minimum Gasteiger partial charge on any atom is -0.389 e. The molecule has 19 heavy (non-hydrogen) atoms. The van der Waals surface area contributed by atoms with E-state index in [4.69, 9.17) is 23.2 Å². The van der Waals surface area contributed by atoms with Crippen molar-refractivity contribution >= 4 is 34.9 Å². The van der Waals surface area contributed by atoms with E-state index in [2.05, 4.69) is 5.32 Å². The SMILES string of the molecule is Cc1c(Cl)cc(NC(=O)N(C)CC(C)(C)O)cc1Cl. The van der Waals surface area contributed by atoms with Crippen molar-refractivity contribution in [1.82, 2.24) is 4.90 Å². The molecule has 0 aliphatic heterocycles. The molecule has 106 valence electrons. The Morgan fingerprint density at radius 3 is 2.26 bits per heavy atom. The second-order valence-corrected chi connectivity index (χ2v) is 5.98. The third kappa shape index (κ3) is 4.90. The van der Waals surface area contributed by atoms with Crippen molar-refractivity contribution in [2.75, 3.05) is 18.9 Å². The number of likely N-dealkylation sites (N-methyl/N-ethyl adjacent to an activating group) is 1. The number of hydrogen-bond donors (Lipinski definition) is 2. The molecule has 1 aromatic carbocycles. The van der Waals surface area contributed by atoms with Crippen LogP contribution in [0.1, 0.15) is 19.4 Å². The first-order valence-corrected chi connectivity index (χ1v) is 6.56. The number of nitrogens with one attached hydrogen (secondary N) is 1. The number of carbonyl (C=O) groups is 1. The van der Waals surface area contributed by atoms with Crippen LogP contribution in [0.25, 0.3) is 0 Å². The maximum Gasteiger partial charge on any atom is 0.321 e. The molecule has 0 bridgehead atoms. The first-order valence-electron chi connectivity index (χ1n) is 5.80. The summed E-state index contributed by atoms with van der Waals surface area (Å²) in [5.41, 5.74) is 0.341. The molecule has 0 saturated carbocycles. The minimum absolute atomic E-state index is 0.214. The zero-order chi connectivity index (χ0) is 14.8. The molecule has 1 rings (SSSR count). The van der Waals surface area contributed by atoms with E-state index in [0.717, 1.165) is 5.56 Å². The predicted molar refractivity (Wildman–Crippen MR) is 79.1 cm³/mol. The van der Waals surface area contributed by atoms with Crippen molar-refractivity contribution in [1.29, 1.82) is 0 Å². The van der Waals surface area contributed by atoms with Crippen LogP contribution in [-0.4, -0.2) is 35.2 Å². The van der Waals surface area contributed by atoms with E-state index in [9.17, 15) is 9.90 Å². The summed E-state index contributed by atoms with van der Waals surface area (Å²) in [7, 11) is 1.60.